The molecule has 1 aromatic carbocycles. The quantitative estimate of drug-likeness (QED) is 0.656. The summed E-state index contributed by atoms with van der Waals surface area (Å²) in [7, 11) is 3.16. The van der Waals surface area contributed by atoms with Crippen molar-refractivity contribution >= 4 is 22.8 Å². The zero-order valence-electron chi connectivity index (χ0n) is 17.1. The van der Waals surface area contributed by atoms with E-state index in [1.54, 1.807) is 7.05 Å². The summed E-state index contributed by atoms with van der Waals surface area (Å²) in [5.41, 5.74) is 1.07. The van der Waals surface area contributed by atoms with Crippen molar-refractivity contribution in [2.45, 2.75) is 45.3 Å². The van der Waals surface area contributed by atoms with E-state index >= 15 is 0 Å². The molecule has 3 aromatic rings. The van der Waals surface area contributed by atoms with Gasteiger partial charge >= 0.3 is 5.69 Å². The van der Waals surface area contributed by atoms with Gasteiger partial charge in [0.25, 0.3) is 5.56 Å². The predicted octanol–water partition coefficient (Wildman–Crippen LogP) is 2.51. The first-order valence-corrected chi connectivity index (χ1v) is 10.4. The van der Waals surface area contributed by atoms with Crippen LogP contribution in [0.25, 0.3) is 11.2 Å². The number of halogens is 1. The molecule has 1 fully saturated rings. The van der Waals surface area contributed by atoms with Gasteiger partial charge in [0.05, 0.1) is 13.1 Å². The second kappa shape index (κ2) is 7.80. The second-order valence-electron chi connectivity index (χ2n) is 7.90. The van der Waals surface area contributed by atoms with E-state index in [0.29, 0.717) is 35.3 Å². The summed E-state index contributed by atoms with van der Waals surface area (Å²) in [4.78, 5) is 32.6. The molecule has 0 radical (unpaired) electrons. The van der Waals surface area contributed by atoms with Gasteiger partial charge in [0.15, 0.2) is 11.2 Å². The van der Waals surface area contributed by atoms with Crippen LogP contribution in [0.15, 0.2) is 33.9 Å². The van der Waals surface area contributed by atoms with E-state index in [2.05, 4.69) is 11.8 Å². The van der Waals surface area contributed by atoms with Crippen molar-refractivity contribution in [2.75, 3.05) is 6.54 Å². The van der Waals surface area contributed by atoms with Crippen LogP contribution in [0.3, 0.4) is 0 Å². The Labute approximate surface area is 174 Å². The smallest absolute Gasteiger partial charge is 0.316 e. The minimum absolute atomic E-state index is 0.333. The standard InChI is InChI=1S/C21H26ClN5O2/c1-14-8-6-7-11-26(14)13-17-23-19-18(20(28)25(3)21(29)24(19)2)27(17)12-15-9-4-5-10-16(15)22/h4-5,9-10,14H,6-8,11-13H2,1-3H3. The summed E-state index contributed by atoms with van der Waals surface area (Å²) in [6, 6.07) is 8.07. The summed E-state index contributed by atoms with van der Waals surface area (Å²) in [5, 5.41) is 0.647. The van der Waals surface area contributed by atoms with E-state index in [4.69, 9.17) is 16.6 Å². The van der Waals surface area contributed by atoms with Crippen molar-refractivity contribution < 1.29 is 0 Å². The molecule has 1 aliphatic heterocycles. The highest BCUT2D eigenvalue weighted by molar-refractivity contribution is 6.31. The van der Waals surface area contributed by atoms with Crippen molar-refractivity contribution in [1.82, 2.24) is 23.6 Å². The van der Waals surface area contributed by atoms with Gasteiger partial charge in [0.1, 0.15) is 5.82 Å². The summed E-state index contributed by atoms with van der Waals surface area (Å²) < 4.78 is 4.52. The maximum Gasteiger partial charge on any atom is 0.332 e. The molecule has 1 unspecified atom stereocenters. The van der Waals surface area contributed by atoms with Crippen molar-refractivity contribution in [1.29, 1.82) is 0 Å². The molecule has 1 saturated heterocycles. The minimum Gasteiger partial charge on any atom is -0.316 e. The Hall–Kier alpha value is -2.38. The molecular weight excluding hydrogens is 390 g/mol. The maximum atomic E-state index is 13.0. The molecule has 3 heterocycles. The van der Waals surface area contributed by atoms with Gasteiger partial charge in [-0.15, -0.1) is 0 Å². The van der Waals surface area contributed by atoms with Crippen LogP contribution in [0.1, 0.15) is 37.6 Å². The Bertz CT molecular complexity index is 1180. The van der Waals surface area contributed by atoms with Gasteiger partial charge in [-0.05, 0) is 37.9 Å². The summed E-state index contributed by atoms with van der Waals surface area (Å²) >= 11 is 6.40. The predicted molar refractivity (Wildman–Crippen MR) is 114 cm³/mol. The highest BCUT2D eigenvalue weighted by Crippen LogP contribution is 2.23. The Morgan fingerprint density at radius 1 is 1.10 bits per heavy atom. The van der Waals surface area contributed by atoms with Crippen LogP contribution < -0.4 is 11.2 Å². The van der Waals surface area contributed by atoms with Gasteiger partial charge in [0, 0.05) is 25.2 Å². The van der Waals surface area contributed by atoms with Crippen LogP contribution in [-0.4, -0.2) is 36.2 Å². The molecule has 0 spiro atoms. The first-order chi connectivity index (χ1) is 13.9. The average Bonchev–Trinajstić information content (AvgIpc) is 3.06. The lowest BCUT2D eigenvalue weighted by Gasteiger charge is -2.33. The highest BCUT2D eigenvalue weighted by Gasteiger charge is 2.24. The molecule has 0 saturated carbocycles. The number of benzene rings is 1. The molecule has 29 heavy (non-hydrogen) atoms. The van der Waals surface area contributed by atoms with E-state index in [9.17, 15) is 9.59 Å². The SMILES string of the molecule is CC1CCCCN1Cc1nc2c(c(=O)n(C)c(=O)n2C)n1Cc1ccccc1Cl. The number of hydrogen-bond acceptors (Lipinski definition) is 4. The molecule has 0 amide bonds. The Balaban J connectivity index is 1.90. The molecule has 8 heteroatoms. The second-order valence-corrected chi connectivity index (χ2v) is 8.31. The number of fused-ring (bicyclic) bond motifs is 1. The normalized spacial score (nSPS) is 17.9. The van der Waals surface area contributed by atoms with Crippen LogP contribution in [0.2, 0.25) is 5.02 Å². The van der Waals surface area contributed by atoms with Crippen molar-refractivity contribution in [3.8, 4) is 0 Å². The lowest BCUT2D eigenvalue weighted by molar-refractivity contribution is 0.147. The van der Waals surface area contributed by atoms with E-state index in [-0.39, 0.29) is 11.2 Å². The maximum absolute atomic E-state index is 13.0. The van der Waals surface area contributed by atoms with E-state index in [0.717, 1.165) is 35.3 Å². The molecule has 4 rings (SSSR count). The largest absolute Gasteiger partial charge is 0.332 e. The van der Waals surface area contributed by atoms with Gasteiger partial charge in [-0.25, -0.2) is 9.78 Å². The summed E-state index contributed by atoms with van der Waals surface area (Å²) in [6.07, 6.45) is 3.56. The molecule has 7 nitrogen and oxygen atoms in total. The molecular formula is C21H26ClN5O2. The average molecular weight is 416 g/mol. The topological polar surface area (TPSA) is 65.1 Å². The van der Waals surface area contributed by atoms with Crippen LogP contribution in [-0.2, 0) is 27.2 Å². The fourth-order valence-corrected chi connectivity index (χ4v) is 4.35. The number of aromatic nitrogens is 4. The van der Waals surface area contributed by atoms with E-state index in [1.165, 1.54) is 18.0 Å². The minimum atomic E-state index is -0.372. The lowest BCUT2D eigenvalue weighted by Crippen LogP contribution is -2.38. The van der Waals surface area contributed by atoms with Gasteiger partial charge in [-0.1, -0.05) is 36.2 Å². The van der Waals surface area contributed by atoms with Crippen molar-refractivity contribution in [3.05, 3.63) is 61.5 Å². The molecule has 1 atom stereocenters. The molecule has 2 aromatic heterocycles. The van der Waals surface area contributed by atoms with Gasteiger partial charge in [-0.2, -0.15) is 0 Å². The summed E-state index contributed by atoms with van der Waals surface area (Å²) in [5.74, 6) is 0.784. The Morgan fingerprint density at radius 2 is 1.86 bits per heavy atom. The number of aryl methyl sites for hydroxylation is 1. The monoisotopic (exact) mass is 415 g/mol. The van der Waals surface area contributed by atoms with E-state index < -0.39 is 0 Å². The van der Waals surface area contributed by atoms with Crippen molar-refractivity contribution in [3.63, 3.8) is 0 Å². The van der Waals surface area contributed by atoms with E-state index in [1.807, 2.05) is 28.8 Å². The first-order valence-electron chi connectivity index (χ1n) is 10.0. The Morgan fingerprint density at radius 3 is 2.59 bits per heavy atom. The molecule has 0 N–H and O–H groups in total. The lowest BCUT2D eigenvalue weighted by atomic mass is 10.0. The number of rotatable bonds is 4. The number of hydrogen-bond donors (Lipinski definition) is 0. The third-order valence-corrected chi connectivity index (χ3v) is 6.37. The summed E-state index contributed by atoms with van der Waals surface area (Å²) in [6.45, 7) is 4.31. The van der Waals surface area contributed by atoms with Crippen LogP contribution >= 0.6 is 11.6 Å². The third-order valence-electron chi connectivity index (χ3n) is 6.00. The van der Waals surface area contributed by atoms with Gasteiger partial charge < -0.3 is 4.57 Å². The van der Waals surface area contributed by atoms with Crippen LogP contribution in [0.5, 0.6) is 0 Å². The zero-order chi connectivity index (χ0) is 20.7. The third kappa shape index (κ3) is 3.53. The molecule has 0 bridgehead atoms. The molecule has 154 valence electrons. The highest BCUT2D eigenvalue weighted by atomic mass is 35.5. The van der Waals surface area contributed by atoms with Crippen LogP contribution in [0.4, 0.5) is 0 Å². The number of nitrogens with zero attached hydrogens (tertiary/aromatic N) is 5. The van der Waals surface area contributed by atoms with Crippen LogP contribution in [0, 0.1) is 0 Å². The number of piperidine rings is 1. The van der Waals surface area contributed by atoms with Gasteiger partial charge in [0.2, 0.25) is 0 Å². The van der Waals surface area contributed by atoms with Gasteiger partial charge in [-0.3, -0.25) is 18.8 Å². The fourth-order valence-electron chi connectivity index (χ4n) is 4.15. The molecule has 0 aliphatic carbocycles. The molecule has 1 aliphatic rings. The number of likely N-dealkylation sites (tertiary alicyclic amines) is 1. The van der Waals surface area contributed by atoms with Crippen molar-refractivity contribution in [2.24, 2.45) is 14.1 Å². The number of imidazole rings is 1. The fraction of sp³-hybridized carbons (Fsp3) is 0.476. The Kier molecular flexibility index (Phi) is 5.36. The first kappa shape index (κ1) is 19.9. The zero-order valence-corrected chi connectivity index (χ0v) is 17.8.